The maximum atomic E-state index is 11.4. The molecule has 0 radical (unpaired) electrons. The molecule has 0 bridgehead atoms. The molecule has 2 unspecified atom stereocenters. The second-order valence-corrected chi connectivity index (χ2v) is 5.14. The van der Waals surface area contributed by atoms with E-state index in [0.29, 0.717) is 6.54 Å². The molecule has 4 nitrogen and oxygen atoms in total. The van der Waals surface area contributed by atoms with Crippen molar-refractivity contribution >= 4 is 11.7 Å². The van der Waals surface area contributed by atoms with Gasteiger partial charge in [-0.2, -0.15) is 0 Å². The van der Waals surface area contributed by atoms with Gasteiger partial charge in [0.25, 0.3) is 0 Å². The van der Waals surface area contributed by atoms with Gasteiger partial charge in [0, 0.05) is 6.54 Å². The molecule has 3 rings (SSSR count). The molecule has 1 aromatic rings. The van der Waals surface area contributed by atoms with Crippen molar-refractivity contribution in [2.24, 2.45) is 0 Å². The minimum Gasteiger partial charge on any atom is -0.465 e. The van der Waals surface area contributed by atoms with Crippen LogP contribution in [0.4, 0.5) is 4.79 Å². The number of fused-ring (bicyclic) bond motifs is 1. The maximum absolute atomic E-state index is 11.4. The number of aliphatic hydroxyl groups is 1. The maximum Gasteiger partial charge on any atom is 0.407 e. The van der Waals surface area contributed by atoms with Gasteiger partial charge >= 0.3 is 6.09 Å². The molecule has 4 heteroatoms. The predicted octanol–water partition coefficient (Wildman–Crippen LogP) is 2.65. The van der Waals surface area contributed by atoms with Crippen molar-refractivity contribution in [2.75, 3.05) is 6.54 Å². The summed E-state index contributed by atoms with van der Waals surface area (Å²) in [6.07, 6.45) is 3.10. The van der Waals surface area contributed by atoms with Crippen LogP contribution in [-0.2, 0) is 0 Å². The third-order valence-electron chi connectivity index (χ3n) is 4.04. The Labute approximate surface area is 112 Å². The summed E-state index contributed by atoms with van der Waals surface area (Å²) >= 11 is 0. The second kappa shape index (κ2) is 4.70. The van der Waals surface area contributed by atoms with Gasteiger partial charge in [-0.1, -0.05) is 24.3 Å². The molecule has 2 aliphatic rings. The van der Waals surface area contributed by atoms with E-state index in [0.717, 1.165) is 36.0 Å². The van der Waals surface area contributed by atoms with Crippen molar-refractivity contribution in [3.63, 3.8) is 0 Å². The first kappa shape index (κ1) is 12.2. The van der Waals surface area contributed by atoms with E-state index >= 15 is 0 Å². The molecule has 1 aliphatic heterocycles. The molecule has 100 valence electrons. The van der Waals surface area contributed by atoms with Gasteiger partial charge in [0.2, 0.25) is 0 Å². The highest BCUT2D eigenvalue weighted by molar-refractivity contribution is 5.80. The first-order valence-electron chi connectivity index (χ1n) is 6.67. The van der Waals surface area contributed by atoms with Crippen LogP contribution in [0.3, 0.4) is 0 Å². The van der Waals surface area contributed by atoms with Crippen molar-refractivity contribution in [3.05, 3.63) is 41.5 Å². The van der Waals surface area contributed by atoms with Gasteiger partial charge in [0.15, 0.2) is 0 Å². The predicted molar refractivity (Wildman–Crippen MR) is 71.7 cm³/mol. The Balaban J connectivity index is 1.98. The first-order chi connectivity index (χ1) is 9.18. The van der Waals surface area contributed by atoms with Crippen LogP contribution in [0.2, 0.25) is 0 Å². The highest BCUT2D eigenvalue weighted by atomic mass is 16.4. The minimum absolute atomic E-state index is 0.121. The van der Waals surface area contributed by atoms with Crippen LogP contribution < -0.4 is 0 Å². The van der Waals surface area contributed by atoms with E-state index in [1.54, 1.807) is 6.08 Å². The molecule has 1 aromatic carbocycles. The molecule has 1 saturated heterocycles. The molecule has 1 heterocycles. The number of amides is 1. The average Bonchev–Trinajstić information content (AvgIpc) is 2.77. The fourth-order valence-electron chi connectivity index (χ4n) is 3.14. The molecule has 0 spiro atoms. The van der Waals surface area contributed by atoms with Crippen LogP contribution in [0.25, 0.3) is 5.57 Å². The molecule has 0 saturated carbocycles. The minimum atomic E-state index is -0.871. The molecular formula is C15H17NO3. The number of hydrogen-bond donors (Lipinski definition) is 2. The summed E-state index contributed by atoms with van der Waals surface area (Å²) in [5, 5.41) is 19.4. The molecule has 2 atom stereocenters. The zero-order valence-electron chi connectivity index (χ0n) is 10.6. The normalized spacial score (nSPS) is 25.9. The zero-order valence-corrected chi connectivity index (χ0v) is 10.6. The van der Waals surface area contributed by atoms with Gasteiger partial charge < -0.3 is 15.1 Å². The lowest BCUT2D eigenvalue weighted by Crippen LogP contribution is -2.43. The fourth-order valence-corrected chi connectivity index (χ4v) is 3.14. The number of hydrogen-bond acceptors (Lipinski definition) is 2. The molecule has 19 heavy (non-hydrogen) atoms. The van der Waals surface area contributed by atoms with Gasteiger partial charge in [0.05, 0.1) is 12.1 Å². The highest BCUT2D eigenvalue weighted by Gasteiger charge is 2.34. The molecule has 1 aliphatic carbocycles. The Hall–Kier alpha value is -1.81. The number of rotatable bonds is 1. The number of likely N-dealkylation sites (tertiary alicyclic amines) is 1. The SMILES string of the molecule is O=C(O)N1CCCCC1C1=CC(O)c2ccccc21. The summed E-state index contributed by atoms with van der Waals surface area (Å²) < 4.78 is 0. The summed E-state index contributed by atoms with van der Waals surface area (Å²) in [5.74, 6) is 0. The first-order valence-corrected chi connectivity index (χ1v) is 6.67. The lowest BCUT2D eigenvalue weighted by Gasteiger charge is -2.34. The van der Waals surface area contributed by atoms with E-state index < -0.39 is 12.2 Å². The smallest absolute Gasteiger partial charge is 0.407 e. The monoisotopic (exact) mass is 259 g/mol. The molecule has 1 fully saturated rings. The largest absolute Gasteiger partial charge is 0.465 e. The van der Waals surface area contributed by atoms with Crippen LogP contribution in [0.5, 0.6) is 0 Å². The fraction of sp³-hybridized carbons (Fsp3) is 0.400. The topological polar surface area (TPSA) is 60.8 Å². The summed E-state index contributed by atoms with van der Waals surface area (Å²) in [6.45, 7) is 0.579. The van der Waals surface area contributed by atoms with Crippen molar-refractivity contribution in [1.29, 1.82) is 0 Å². The van der Waals surface area contributed by atoms with E-state index in [1.165, 1.54) is 4.90 Å². The summed E-state index contributed by atoms with van der Waals surface area (Å²) in [6, 6.07) is 7.57. The second-order valence-electron chi connectivity index (χ2n) is 5.14. The van der Waals surface area contributed by atoms with Crippen LogP contribution in [0.15, 0.2) is 30.3 Å². The Morgan fingerprint density at radius 2 is 2.05 bits per heavy atom. The van der Waals surface area contributed by atoms with Gasteiger partial charge in [-0.25, -0.2) is 4.79 Å². The van der Waals surface area contributed by atoms with Crippen molar-refractivity contribution in [3.8, 4) is 0 Å². The summed E-state index contributed by atoms with van der Waals surface area (Å²) in [7, 11) is 0. The Kier molecular flexibility index (Phi) is 3.03. The number of benzene rings is 1. The number of carboxylic acid groups (broad SMARTS) is 1. The highest BCUT2D eigenvalue weighted by Crippen LogP contribution is 2.40. The number of aliphatic hydroxyl groups excluding tert-OH is 1. The van der Waals surface area contributed by atoms with E-state index in [9.17, 15) is 15.0 Å². The lowest BCUT2D eigenvalue weighted by molar-refractivity contribution is 0.122. The number of nitrogens with zero attached hydrogens (tertiary/aromatic N) is 1. The number of carbonyl (C=O) groups is 1. The Bertz CT molecular complexity index is 538. The third kappa shape index (κ3) is 2.02. The quantitative estimate of drug-likeness (QED) is 0.815. The lowest BCUT2D eigenvalue weighted by atomic mass is 9.92. The van der Waals surface area contributed by atoms with E-state index in [4.69, 9.17) is 0 Å². The average molecular weight is 259 g/mol. The molecule has 0 aromatic heterocycles. The van der Waals surface area contributed by atoms with Gasteiger partial charge in [-0.3, -0.25) is 0 Å². The Morgan fingerprint density at radius 1 is 1.26 bits per heavy atom. The van der Waals surface area contributed by atoms with Crippen molar-refractivity contribution in [1.82, 2.24) is 4.90 Å². The van der Waals surface area contributed by atoms with Crippen LogP contribution in [0, 0.1) is 0 Å². The van der Waals surface area contributed by atoms with Crippen molar-refractivity contribution in [2.45, 2.75) is 31.4 Å². The van der Waals surface area contributed by atoms with Gasteiger partial charge in [0.1, 0.15) is 0 Å². The summed E-state index contributed by atoms with van der Waals surface area (Å²) in [4.78, 5) is 12.9. The molecule has 1 amide bonds. The summed E-state index contributed by atoms with van der Waals surface area (Å²) in [5.41, 5.74) is 2.84. The molecular weight excluding hydrogens is 242 g/mol. The zero-order chi connectivity index (χ0) is 13.4. The van der Waals surface area contributed by atoms with Crippen LogP contribution in [-0.4, -0.2) is 33.8 Å². The van der Waals surface area contributed by atoms with E-state index in [2.05, 4.69) is 0 Å². The van der Waals surface area contributed by atoms with Gasteiger partial charge in [-0.15, -0.1) is 0 Å². The Morgan fingerprint density at radius 3 is 2.84 bits per heavy atom. The molecule has 2 N–H and O–H groups in total. The number of piperidine rings is 1. The van der Waals surface area contributed by atoms with E-state index in [1.807, 2.05) is 24.3 Å². The van der Waals surface area contributed by atoms with E-state index in [-0.39, 0.29) is 6.04 Å². The van der Waals surface area contributed by atoms with Crippen LogP contribution >= 0.6 is 0 Å². The standard InChI is InChI=1S/C15H17NO3/c17-14-9-12(10-5-1-2-6-11(10)14)13-7-3-4-8-16(13)15(18)19/h1-2,5-6,9,13-14,17H,3-4,7-8H2,(H,18,19). The van der Waals surface area contributed by atoms with Crippen molar-refractivity contribution < 1.29 is 15.0 Å². The van der Waals surface area contributed by atoms with Gasteiger partial charge in [-0.05, 0) is 42.0 Å². The van der Waals surface area contributed by atoms with Crippen LogP contribution in [0.1, 0.15) is 36.5 Å². The third-order valence-corrected chi connectivity index (χ3v) is 4.04.